The Morgan fingerprint density at radius 1 is 1.28 bits per heavy atom. The molecule has 7 nitrogen and oxygen atoms in total. The van der Waals surface area contributed by atoms with E-state index in [-0.39, 0.29) is 32.1 Å². The minimum Gasteiger partial charge on any atom is -0.480 e. The van der Waals surface area contributed by atoms with E-state index >= 15 is 8.78 Å². The molecule has 3 aliphatic rings. The maximum atomic E-state index is 15.3. The summed E-state index contributed by atoms with van der Waals surface area (Å²) in [4.78, 5) is 18.8. The highest BCUT2D eigenvalue weighted by Crippen LogP contribution is 2.40. The molecule has 2 atom stereocenters. The minimum atomic E-state index is -2.84. The molecular weight excluding hydrogens is 504 g/mol. The molecule has 0 amide bonds. The van der Waals surface area contributed by atoms with Crippen LogP contribution in [0, 0.1) is 12.8 Å². The predicted molar refractivity (Wildman–Crippen MR) is 144 cm³/mol. The maximum absolute atomic E-state index is 15.3. The SMILES string of the molecule is Cc1cccc(C(C(=O)O)N2CC[C@@H](C(F)(F)CCCCc3ccc4c(n3)NCCC4)C2)c1COC1COC1. The fourth-order valence-electron chi connectivity index (χ4n) is 5.92. The van der Waals surface area contributed by atoms with Crippen LogP contribution in [0.25, 0.3) is 0 Å². The van der Waals surface area contributed by atoms with E-state index in [2.05, 4.69) is 16.4 Å². The van der Waals surface area contributed by atoms with Crippen LogP contribution < -0.4 is 5.32 Å². The van der Waals surface area contributed by atoms with Crippen LogP contribution in [0.3, 0.4) is 0 Å². The van der Waals surface area contributed by atoms with Crippen molar-refractivity contribution in [3.63, 3.8) is 0 Å². The maximum Gasteiger partial charge on any atom is 0.325 e. The van der Waals surface area contributed by atoms with Crippen molar-refractivity contribution in [1.29, 1.82) is 0 Å². The molecule has 2 N–H and O–H groups in total. The summed E-state index contributed by atoms with van der Waals surface area (Å²) in [5, 5.41) is 13.5. The van der Waals surface area contributed by atoms with Gasteiger partial charge < -0.3 is 19.9 Å². The topological polar surface area (TPSA) is 83.9 Å². The van der Waals surface area contributed by atoms with E-state index in [1.165, 1.54) is 5.56 Å². The van der Waals surface area contributed by atoms with Crippen LogP contribution in [0.5, 0.6) is 0 Å². The average molecular weight is 544 g/mol. The molecule has 0 bridgehead atoms. The van der Waals surface area contributed by atoms with Crippen LogP contribution in [0.15, 0.2) is 30.3 Å². The number of aromatic nitrogens is 1. The summed E-state index contributed by atoms with van der Waals surface area (Å²) in [5.41, 5.74) is 4.53. The van der Waals surface area contributed by atoms with Crippen molar-refractivity contribution in [1.82, 2.24) is 9.88 Å². The number of fused-ring (bicyclic) bond motifs is 1. The predicted octanol–water partition coefficient (Wildman–Crippen LogP) is 5.16. The second-order valence-electron chi connectivity index (χ2n) is 11.1. The van der Waals surface area contributed by atoms with Gasteiger partial charge in [-0.25, -0.2) is 13.8 Å². The Morgan fingerprint density at radius 3 is 2.90 bits per heavy atom. The zero-order valence-corrected chi connectivity index (χ0v) is 22.6. The average Bonchev–Trinajstić information content (AvgIpc) is 3.38. The number of alkyl halides is 2. The van der Waals surface area contributed by atoms with E-state index in [1.54, 1.807) is 11.0 Å². The van der Waals surface area contributed by atoms with Crippen molar-refractivity contribution in [2.45, 2.75) is 76.5 Å². The number of likely N-dealkylation sites (tertiary alicyclic amines) is 1. The molecule has 5 rings (SSSR count). The monoisotopic (exact) mass is 543 g/mol. The molecule has 0 aliphatic carbocycles. The van der Waals surface area contributed by atoms with E-state index in [9.17, 15) is 9.90 Å². The van der Waals surface area contributed by atoms with E-state index in [0.717, 1.165) is 42.0 Å². The molecule has 2 saturated heterocycles. The van der Waals surface area contributed by atoms with Crippen LogP contribution >= 0.6 is 0 Å². The number of pyridine rings is 1. The first-order valence-electron chi connectivity index (χ1n) is 14.2. The van der Waals surface area contributed by atoms with Crippen molar-refractivity contribution in [3.05, 3.63) is 58.3 Å². The van der Waals surface area contributed by atoms with Crippen molar-refractivity contribution in [3.8, 4) is 0 Å². The van der Waals surface area contributed by atoms with Crippen LogP contribution in [0.4, 0.5) is 14.6 Å². The number of anilines is 1. The Morgan fingerprint density at radius 2 is 2.13 bits per heavy atom. The number of nitrogens with one attached hydrogen (secondary N) is 1. The quantitative estimate of drug-likeness (QED) is 0.358. The number of carboxylic acids is 1. The Kier molecular flexibility index (Phi) is 8.79. The second kappa shape index (κ2) is 12.3. The third-order valence-electron chi connectivity index (χ3n) is 8.37. The van der Waals surface area contributed by atoms with E-state index in [1.807, 2.05) is 25.1 Å². The number of carboxylic acid groups (broad SMARTS) is 1. The van der Waals surface area contributed by atoms with Gasteiger partial charge in [-0.05, 0) is 80.3 Å². The highest BCUT2D eigenvalue weighted by atomic mass is 19.3. The molecule has 212 valence electrons. The zero-order chi connectivity index (χ0) is 27.4. The first kappa shape index (κ1) is 27.9. The fraction of sp³-hybridized carbons (Fsp3) is 0.600. The molecule has 4 heterocycles. The first-order valence-corrected chi connectivity index (χ1v) is 14.2. The molecule has 0 radical (unpaired) electrons. The molecule has 2 aromatic rings. The van der Waals surface area contributed by atoms with Crippen LogP contribution in [0.1, 0.15) is 66.1 Å². The van der Waals surface area contributed by atoms with Gasteiger partial charge in [-0.2, -0.15) is 0 Å². The standard InChI is InChI=1S/C30H39F2N3O4/c1-20-6-4-9-25(26(20)19-39-24-17-38-18-24)27(29(36)37)35-15-12-22(16-35)30(31,32)13-3-2-8-23-11-10-21-7-5-14-33-28(21)34-23/h4,6,9-11,22,24,27H,2-3,5,7-8,12-19H2,1H3,(H,33,34)(H,36,37)/t22-,27?/m1/s1. The lowest BCUT2D eigenvalue weighted by Gasteiger charge is -2.30. The number of ether oxygens (including phenoxy) is 2. The van der Waals surface area contributed by atoms with Crippen LogP contribution in [0.2, 0.25) is 0 Å². The summed E-state index contributed by atoms with van der Waals surface area (Å²) < 4.78 is 41.6. The number of aliphatic carboxylic acids is 1. The molecule has 39 heavy (non-hydrogen) atoms. The van der Waals surface area contributed by atoms with Gasteiger partial charge in [0.05, 0.1) is 19.8 Å². The molecular formula is C30H39F2N3O4. The van der Waals surface area contributed by atoms with E-state index < -0.39 is 23.9 Å². The summed E-state index contributed by atoms with van der Waals surface area (Å²) >= 11 is 0. The van der Waals surface area contributed by atoms with Gasteiger partial charge in [-0.15, -0.1) is 0 Å². The van der Waals surface area contributed by atoms with Gasteiger partial charge in [0.25, 0.3) is 5.92 Å². The summed E-state index contributed by atoms with van der Waals surface area (Å²) in [6, 6.07) is 8.66. The van der Waals surface area contributed by atoms with E-state index in [4.69, 9.17) is 9.47 Å². The molecule has 3 aliphatic heterocycles. The van der Waals surface area contributed by atoms with Gasteiger partial charge in [0.1, 0.15) is 18.0 Å². The van der Waals surface area contributed by atoms with Gasteiger partial charge in [0.2, 0.25) is 0 Å². The number of unbranched alkanes of at least 4 members (excludes halogenated alkanes) is 1. The number of benzene rings is 1. The lowest BCUT2D eigenvalue weighted by Crippen LogP contribution is -2.37. The van der Waals surface area contributed by atoms with Gasteiger partial charge in [-0.3, -0.25) is 9.69 Å². The summed E-state index contributed by atoms with van der Waals surface area (Å²) in [5.74, 6) is -3.79. The molecule has 1 aromatic carbocycles. The second-order valence-corrected chi connectivity index (χ2v) is 11.1. The lowest BCUT2D eigenvalue weighted by atomic mass is 9.94. The van der Waals surface area contributed by atoms with Gasteiger partial charge in [-0.1, -0.05) is 24.3 Å². The number of carbonyl (C=O) groups is 1. The summed E-state index contributed by atoms with van der Waals surface area (Å²) in [6.07, 6.45) is 3.95. The highest BCUT2D eigenvalue weighted by molar-refractivity contribution is 5.76. The van der Waals surface area contributed by atoms with Crippen molar-refractivity contribution >= 4 is 11.8 Å². The summed E-state index contributed by atoms with van der Waals surface area (Å²) in [7, 11) is 0. The molecule has 9 heteroatoms. The van der Waals surface area contributed by atoms with Gasteiger partial charge >= 0.3 is 5.97 Å². The molecule has 2 fully saturated rings. The van der Waals surface area contributed by atoms with Crippen LogP contribution in [-0.4, -0.2) is 65.8 Å². The number of hydrogen-bond acceptors (Lipinski definition) is 6. The normalized spacial score (nSPS) is 20.7. The number of halogens is 2. The third-order valence-corrected chi connectivity index (χ3v) is 8.37. The number of nitrogens with zero attached hydrogens (tertiary/aromatic N) is 2. The van der Waals surface area contributed by atoms with Crippen molar-refractivity contribution in [2.75, 3.05) is 38.2 Å². The molecule has 0 spiro atoms. The summed E-state index contributed by atoms with van der Waals surface area (Å²) in [6.45, 7) is 4.59. The molecule has 0 saturated carbocycles. The fourth-order valence-corrected chi connectivity index (χ4v) is 5.92. The zero-order valence-electron chi connectivity index (χ0n) is 22.6. The van der Waals surface area contributed by atoms with Crippen LogP contribution in [-0.2, 0) is 33.7 Å². The number of hydrogen-bond donors (Lipinski definition) is 2. The van der Waals surface area contributed by atoms with Gasteiger partial charge in [0.15, 0.2) is 0 Å². The van der Waals surface area contributed by atoms with Crippen molar-refractivity contribution < 1.29 is 28.2 Å². The largest absolute Gasteiger partial charge is 0.480 e. The smallest absolute Gasteiger partial charge is 0.325 e. The Labute approximate surface area is 228 Å². The highest BCUT2D eigenvalue weighted by Gasteiger charge is 2.45. The Hall–Kier alpha value is -2.62. The minimum absolute atomic E-state index is 0.00952. The Balaban J connectivity index is 1.17. The molecule has 1 aromatic heterocycles. The third kappa shape index (κ3) is 6.58. The Bertz CT molecular complexity index is 1160. The molecule has 1 unspecified atom stereocenters. The number of aryl methyl sites for hydroxylation is 3. The van der Waals surface area contributed by atoms with Crippen molar-refractivity contribution in [2.24, 2.45) is 5.92 Å². The van der Waals surface area contributed by atoms with Gasteiger partial charge in [0, 0.05) is 31.1 Å². The first-order chi connectivity index (χ1) is 18.8. The van der Waals surface area contributed by atoms with E-state index in [0.29, 0.717) is 44.6 Å². The lowest BCUT2D eigenvalue weighted by molar-refractivity contribution is -0.144. The number of rotatable bonds is 12.